The lowest BCUT2D eigenvalue weighted by molar-refractivity contribution is 0.477. The molecule has 0 bridgehead atoms. The lowest BCUT2D eigenvalue weighted by Crippen LogP contribution is -1.96. The molecule has 0 atom stereocenters. The van der Waals surface area contributed by atoms with Gasteiger partial charge in [-0.1, -0.05) is 35.9 Å². The van der Waals surface area contributed by atoms with E-state index >= 15 is 0 Å². The second-order valence-corrected chi connectivity index (χ2v) is 4.76. The van der Waals surface area contributed by atoms with Crippen molar-refractivity contribution in [3.8, 4) is 10.9 Å². The maximum absolute atomic E-state index is 6.10. The van der Waals surface area contributed by atoms with Gasteiger partial charge in [0.05, 0.1) is 10.7 Å². The van der Waals surface area contributed by atoms with Crippen molar-refractivity contribution in [2.24, 2.45) is 5.73 Å². The summed E-state index contributed by atoms with van der Waals surface area (Å²) in [5.74, 6) is 0.612. The minimum atomic E-state index is 0.469. The Morgan fingerprint density at radius 3 is 2.88 bits per heavy atom. The molecule has 0 spiro atoms. The number of nitrogens with zero attached hydrogens (tertiary/aromatic N) is 1. The van der Waals surface area contributed by atoms with Crippen molar-refractivity contribution in [3.05, 3.63) is 39.9 Å². The number of halogens is 1. The molecule has 0 amide bonds. The lowest BCUT2D eigenvalue weighted by atomic mass is 10.2. The largest absolute Gasteiger partial charge is 0.429 e. The highest BCUT2D eigenvalue weighted by molar-refractivity contribution is 7.11. The summed E-state index contributed by atoms with van der Waals surface area (Å²) < 4.78 is 5.63. The van der Waals surface area contributed by atoms with E-state index in [1.807, 2.05) is 23.6 Å². The van der Waals surface area contributed by atoms with Crippen LogP contribution in [0.25, 0.3) is 0 Å². The number of nitrogens with two attached hydrogens (primary N) is 1. The van der Waals surface area contributed by atoms with E-state index in [1.54, 1.807) is 0 Å². The van der Waals surface area contributed by atoms with Crippen LogP contribution in [0.3, 0.4) is 0 Å². The van der Waals surface area contributed by atoms with Crippen LogP contribution in [-0.2, 0) is 13.0 Å². The normalized spacial score (nSPS) is 10.5. The van der Waals surface area contributed by atoms with Crippen molar-refractivity contribution in [2.45, 2.75) is 19.9 Å². The van der Waals surface area contributed by atoms with Gasteiger partial charge in [-0.15, -0.1) is 0 Å². The van der Waals surface area contributed by atoms with Crippen LogP contribution in [0.4, 0.5) is 0 Å². The van der Waals surface area contributed by atoms with Crippen LogP contribution in [-0.4, -0.2) is 4.98 Å². The predicted molar refractivity (Wildman–Crippen MR) is 70.9 cm³/mol. The van der Waals surface area contributed by atoms with Gasteiger partial charge in [-0.05, 0) is 24.1 Å². The predicted octanol–water partition coefficient (Wildman–Crippen LogP) is 3.61. The Kier molecular flexibility index (Phi) is 3.99. The first kappa shape index (κ1) is 12.4. The summed E-state index contributed by atoms with van der Waals surface area (Å²) in [4.78, 5) is 4.32. The Balaban J connectivity index is 2.18. The Morgan fingerprint density at radius 2 is 2.29 bits per heavy atom. The molecule has 2 aromatic rings. The van der Waals surface area contributed by atoms with Crippen molar-refractivity contribution < 1.29 is 4.74 Å². The van der Waals surface area contributed by atoms with Crippen LogP contribution in [0.2, 0.25) is 5.02 Å². The molecule has 2 N–H and O–H groups in total. The quantitative estimate of drug-likeness (QED) is 0.921. The van der Waals surface area contributed by atoms with Gasteiger partial charge in [-0.2, -0.15) is 0 Å². The zero-order valence-electron chi connectivity index (χ0n) is 9.44. The number of rotatable bonds is 4. The zero-order chi connectivity index (χ0) is 12.3. The van der Waals surface area contributed by atoms with E-state index in [0.717, 1.165) is 17.7 Å². The molecule has 0 fully saturated rings. The second-order valence-electron chi connectivity index (χ2n) is 3.53. The van der Waals surface area contributed by atoms with E-state index in [-0.39, 0.29) is 0 Å². The molecule has 3 nitrogen and oxygen atoms in total. The lowest BCUT2D eigenvalue weighted by Gasteiger charge is -2.05. The van der Waals surface area contributed by atoms with Crippen molar-refractivity contribution >= 4 is 22.9 Å². The highest BCUT2D eigenvalue weighted by Gasteiger charge is 2.07. The minimum Gasteiger partial charge on any atom is -0.429 e. The molecule has 1 aromatic carbocycles. The SMILES string of the molecule is CCc1csc(Oc2ccc(CN)cc2Cl)n1. The monoisotopic (exact) mass is 268 g/mol. The second kappa shape index (κ2) is 5.49. The van der Waals surface area contributed by atoms with E-state index in [9.17, 15) is 0 Å². The summed E-state index contributed by atoms with van der Waals surface area (Å²) in [6, 6.07) is 5.53. The van der Waals surface area contributed by atoms with E-state index in [4.69, 9.17) is 22.1 Å². The first-order valence-corrected chi connectivity index (χ1v) is 6.59. The molecule has 2 rings (SSSR count). The van der Waals surface area contributed by atoms with Crippen LogP contribution in [0.1, 0.15) is 18.2 Å². The third kappa shape index (κ3) is 2.97. The highest BCUT2D eigenvalue weighted by Crippen LogP contribution is 2.31. The Bertz CT molecular complexity index is 513. The number of hydrogen-bond acceptors (Lipinski definition) is 4. The van der Waals surface area contributed by atoms with E-state index in [0.29, 0.717) is 22.5 Å². The molecule has 5 heteroatoms. The van der Waals surface area contributed by atoms with Gasteiger partial charge in [-0.3, -0.25) is 0 Å². The zero-order valence-corrected chi connectivity index (χ0v) is 11.0. The van der Waals surface area contributed by atoms with Gasteiger partial charge >= 0.3 is 0 Å². The number of hydrogen-bond donors (Lipinski definition) is 1. The summed E-state index contributed by atoms with van der Waals surface area (Å²) in [6.45, 7) is 2.53. The molecule has 0 aliphatic heterocycles. The molecule has 0 aliphatic rings. The van der Waals surface area contributed by atoms with Crippen LogP contribution in [0.15, 0.2) is 23.6 Å². The summed E-state index contributed by atoms with van der Waals surface area (Å²) in [5, 5.41) is 3.16. The summed E-state index contributed by atoms with van der Waals surface area (Å²) >= 11 is 7.57. The van der Waals surface area contributed by atoms with Gasteiger partial charge in [-0.25, -0.2) is 4.98 Å². The molecule has 90 valence electrons. The van der Waals surface area contributed by atoms with Crippen molar-refractivity contribution in [2.75, 3.05) is 0 Å². The number of thiazole rings is 1. The summed E-state index contributed by atoms with van der Waals surface area (Å²) in [7, 11) is 0. The van der Waals surface area contributed by atoms with Crippen molar-refractivity contribution in [1.82, 2.24) is 4.98 Å². The van der Waals surface area contributed by atoms with Gasteiger partial charge in [0.1, 0.15) is 5.75 Å². The van der Waals surface area contributed by atoms with Crippen molar-refractivity contribution in [1.29, 1.82) is 0 Å². The smallest absolute Gasteiger partial charge is 0.278 e. The summed E-state index contributed by atoms with van der Waals surface area (Å²) in [6.07, 6.45) is 0.902. The van der Waals surface area contributed by atoms with E-state index in [2.05, 4.69) is 11.9 Å². The molecular weight excluding hydrogens is 256 g/mol. The first-order valence-electron chi connectivity index (χ1n) is 5.33. The molecular formula is C12H13ClN2OS. The minimum absolute atomic E-state index is 0.469. The van der Waals surface area contributed by atoms with E-state index < -0.39 is 0 Å². The topological polar surface area (TPSA) is 48.1 Å². The van der Waals surface area contributed by atoms with Gasteiger partial charge in [0.15, 0.2) is 0 Å². The third-order valence-electron chi connectivity index (χ3n) is 2.32. The number of aryl methyl sites for hydroxylation is 1. The number of ether oxygens (including phenoxy) is 1. The van der Waals surface area contributed by atoms with Gasteiger partial charge in [0.25, 0.3) is 5.19 Å². The fourth-order valence-electron chi connectivity index (χ4n) is 1.35. The standard InChI is InChI=1S/C12H13ClN2OS/c1-2-9-7-17-12(15-9)16-11-4-3-8(6-14)5-10(11)13/h3-5,7H,2,6,14H2,1H3. The third-order valence-corrected chi connectivity index (χ3v) is 3.38. The molecule has 0 unspecified atom stereocenters. The highest BCUT2D eigenvalue weighted by atomic mass is 35.5. The molecule has 0 saturated carbocycles. The molecule has 0 radical (unpaired) electrons. The first-order chi connectivity index (χ1) is 8.22. The Labute approximate surface area is 109 Å². The van der Waals surface area contributed by atoms with Gasteiger partial charge in [0, 0.05) is 11.9 Å². The fraction of sp³-hybridized carbons (Fsp3) is 0.250. The molecule has 1 heterocycles. The molecule has 0 saturated heterocycles. The molecule has 1 aromatic heterocycles. The van der Waals surface area contributed by atoms with Crippen LogP contribution >= 0.6 is 22.9 Å². The fourth-order valence-corrected chi connectivity index (χ4v) is 2.35. The van der Waals surface area contributed by atoms with Crippen LogP contribution in [0.5, 0.6) is 10.9 Å². The molecule has 17 heavy (non-hydrogen) atoms. The number of aromatic nitrogens is 1. The van der Waals surface area contributed by atoms with Crippen molar-refractivity contribution in [3.63, 3.8) is 0 Å². The molecule has 0 aliphatic carbocycles. The number of benzene rings is 1. The Hall–Kier alpha value is -1.10. The average molecular weight is 269 g/mol. The maximum Gasteiger partial charge on any atom is 0.278 e. The Morgan fingerprint density at radius 1 is 1.47 bits per heavy atom. The van der Waals surface area contributed by atoms with Gasteiger partial charge < -0.3 is 10.5 Å². The van der Waals surface area contributed by atoms with Crippen LogP contribution in [0, 0.1) is 0 Å². The summed E-state index contributed by atoms with van der Waals surface area (Å²) in [5.41, 5.74) is 7.54. The van der Waals surface area contributed by atoms with Crippen LogP contribution < -0.4 is 10.5 Å². The van der Waals surface area contributed by atoms with E-state index in [1.165, 1.54) is 11.3 Å². The van der Waals surface area contributed by atoms with Gasteiger partial charge in [0.2, 0.25) is 0 Å². The maximum atomic E-state index is 6.10. The average Bonchev–Trinajstić information content (AvgIpc) is 2.79.